The van der Waals surface area contributed by atoms with Crippen LogP contribution in [0.2, 0.25) is 0 Å². The van der Waals surface area contributed by atoms with Crippen LogP contribution in [0.1, 0.15) is 20.8 Å². The maximum absolute atomic E-state index is 10.0. The third-order valence-corrected chi connectivity index (χ3v) is 1.40. The van der Waals surface area contributed by atoms with Gasteiger partial charge in [0.15, 0.2) is 0 Å². The molecule has 2 N–H and O–H groups in total. The van der Waals surface area contributed by atoms with Crippen molar-refractivity contribution in [2.45, 2.75) is 20.8 Å². The Morgan fingerprint density at radius 3 is 1.64 bits per heavy atom. The third kappa shape index (κ3) is 6.06. The number of hydrogen-bond acceptors (Lipinski definition) is 2. The first-order valence-corrected chi connectivity index (χ1v) is 4.31. The Balaban J connectivity index is 0.000000241. The van der Waals surface area contributed by atoms with Crippen LogP contribution in [0.15, 0.2) is 30.3 Å². The van der Waals surface area contributed by atoms with Crippen molar-refractivity contribution in [3.63, 3.8) is 0 Å². The number of carboxylic acids is 1. The highest BCUT2D eigenvalue weighted by Gasteiger charge is 2.18. The summed E-state index contributed by atoms with van der Waals surface area (Å²) in [4.78, 5) is 10.0. The highest BCUT2D eigenvalue weighted by atomic mass is 16.4. The second-order valence-corrected chi connectivity index (χ2v) is 3.89. The van der Waals surface area contributed by atoms with Crippen LogP contribution in [0, 0.1) is 5.41 Å². The first-order chi connectivity index (χ1) is 6.34. The molecule has 78 valence electrons. The largest absolute Gasteiger partial charge is 0.508 e. The molecule has 0 aliphatic heterocycles. The normalized spacial score (nSPS) is 9.93. The van der Waals surface area contributed by atoms with E-state index < -0.39 is 11.4 Å². The fourth-order valence-corrected chi connectivity index (χ4v) is 0.428. The number of carbonyl (C=O) groups is 1. The minimum atomic E-state index is -0.757. The molecule has 1 rings (SSSR count). The van der Waals surface area contributed by atoms with Crippen LogP contribution in [-0.4, -0.2) is 16.2 Å². The molecule has 0 bridgehead atoms. The van der Waals surface area contributed by atoms with E-state index in [1.807, 2.05) is 6.07 Å². The molecule has 3 heteroatoms. The standard InChI is InChI=1S/C6H6O.C5H10O2/c7-6-4-2-1-3-5-6;1-5(2,3)4(6)7/h1-5,7H;1-3H3,(H,6,7). The van der Waals surface area contributed by atoms with Gasteiger partial charge in [0.1, 0.15) is 5.75 Å². The summed E-state index contributed by atoms with van der Waals surface area (Å²) in [6.45, 7) is 4.99. The maximum Gasteiger partial charge on any atom is 0.308 e. The van der Waals surface area contributed by atoms with Gasteiger partial charge in [-0.05, 0) is 32.9 Å². The Morgan fingerprint density at radius 2 is 1.50 bits per heavy atom. The predicted molar refractivity (Wildman–Crippen MR) is 55.2 cm³/mol. The summed E-state index contributed by atoms with van der Waals surface area (Å²) in [6.07, 6.45) is 0. The molecule has 0 radical (unpaired) electrons. The maximum atomic E-state index is 10.0. The van der Waals surface area contributed by atoms with Crippen LogP contribution < -0.4 is 0 Å². The fourth-order valence-electron chi connectivity index (χ4n) is 0.428. The molecule has 0 fully saturated rings. The molecule has 1 aromatic carbocycles. The van der Waals surface area contributed by atoms with Gasteiger partial charge < -0.3 is 10.2 Å². The van der Waals surface area contributed by atoms with Crippen molar-refractivity contribution in [1.82, 2.24) is 0 Å². The molecule has 0 amide bonds. The van der Waals surface area contributed by atoms with Crippen LogP contribution in [-0.2, 0) is 4.79 Å². The van der Waals surface area contributed by atoms with E-state index in [2.05, 4.69) is 0 Å². The second kappa shape index (κ2) is 5.27. The summed E-state index contributed by atoms with van der Waals surface area (Å²) in [5.41, 5.74) is -0.583. The van der Waals surface area contributed by atoms with Crippen molar-refractivity contribution in [2.24, 2.45) is 5.41 Å². The zero-order valence-corrected chi connectivity index (χ0v) is 8.69. The Morgan fingerprint density at radius 1 is 1.14 bits per heavy atom. The van der Waals surface area contributed by atoms with Crippen molar-refractivity contribution in [1.29, 1.82) is 0 Å². The molecular formula is C11H16O3. The van der Waals surface area contributed by atoms with E-state index in [1.54, 1.807) is 45.0 Å². The molecule has 0 unspecified atom stereocenters. The summed E-state index contributed by atoms with van der Waals surface area (Å²) < 4.78 is 0. The Kier molecular flexibility index (Phi) is 4.70. The van der Waals surface area contributed by atoms with Crippen molar-refractivity contribution in [2.75, 3.05) is 0 Å². The smallest absolute Gasteiger partial charge is 0.308 e. The average molecular weight is 196 g/mol. The Bertz CT molecular complexity index is 272. The van der Waals surface area contributed by atoms with Gasteiger partial charge in [0.05, 0.1) is 5.41 Å². The molecule has 0 aliphatic carbocycles. The van der Waals surface area contributed by atoms with Crippen molar-refractivity contribution < 1.29 is 15.0 Å². The van der Waals surface area contributed by atoms with E-state index >= 15 is 0 Å². The van der Waals surface area contributed by atoms with Gasteiger partial charge >= 0.3 is 5.97 Å². The molecule has 0 saturated heterocycles. The molecule has 0 heterocycles. The van der Waals surface area contributed by atoms with E-state index in [1.165, 1.54) is 0 Å². The van der Waals surface area contributed by atoms with Crippen molar-refractivity contribution in [3.05, 3.63) is 30.3 Å². The van der Waals surface area contributed by atoms with E-state index in [9.17, 15) is 4.79 Å². The van der Waals surface area contributed by atoms with Crippen LogP contribution in [0.5, 0.6) is 5.75 Å². The summed E-state index contributed by atoms with van der Waals surface area (Å²) in [5.74, 6) is -0.435. The highest BCUT2D eigenvalue weighted by molar-refractivity contribution is 5.72. The highest BCUT2D eigenvalue weighted by Crippen LogP contribution is 2.11. The summed E-state index contributed by atoms with van der Waals surface area (Å²) >= 11 is 0. The summed E-state index contributed by atoms with van der Waals surface area (Å²) in [6, 6.07) is 8.71. The van der Waals surface area contributed by atoms with Gasteiger partial charge in [0, 0.05) is 0 Å². The molecule has 0 spiro atoms. The van der Waals surface area contributed by atoms with Crippen LogP contribution in [0.4, 0.5) is 0 Å². The van der Waals surface area contributed by atoms with Crippen molar-refractivity contribution >= 4 is 5.97 Å². The van der Waals surface area contributed by atoms with Crippen LogP contribution in [0.3, 0.4) is 0 Å². The number of phenolic OH excluding ortho intramolecular Hbond substituents is 1. The van der Waals surface area contributed by atoms with E-state index in [0.29, 0.717) is 5.75 Å². The number of hydrogen-bond donors (Lipinski definition) is 2. The fraction of sp³-hybridized carbons (Fsp3) is 0.364. The second-order valence-electron chi connectivity index (χ2n) is 3.89. The minimum absolute atomic E-state index is 0.322. The van der Waals surface area contributed by atoms with Gasteiger partial charge in [0.2, 0.25) is 0 Å². The lowest BCUT2D eigenvalue weighted by atomic mass is 9.98. The molecule has 0 atom stereocenters. The average Bonchev–Trinajstić information content (AvgIpc) is 2.04. The van der Waals surface area contributed by atoms with Crippen LogP contribution in [0.25, 0.3) is 0 Å². The predicted octanol–water partition coefficient (Wildman–Crippen LogP) is 2.51. The van der Waals surface area contributed by atoms with Gasteiger partial charge in [-0.2, -0.15) is 0 Å². The molecule has 14 heavy (non-hydrogen) atoms. The van der Waals surface area contributed by atoms with Gasteiger partial charge in [-0.3, -0.25) is 4.79 Å². The number of phenols is 1. The molecular weight excluding hydrogens is 180 g/mol. The Hall–Kier alpha value is -1.51. The number of aromatic hydroxyl groups is 1. The SMILES string of the molecule is CC(C)(C)C(=O)O.Oc1ccccc1. The monoisotopic (exact) mass is 196 g/mol. The first-order valence-electron chi connectivity index (χ1n) is 4.31. The number of para-hydroxylation sites is 1. The van der Waals surface area contributed by atoms with Crippen LogP contribution >= 0.6 is 0 Å². The zero-order chi connectivity index (χ0) is 11.2. The van der Waals surface area contributed by atoms with Gasteiger partial charge in [0.25, 0.3) is 0 Å². The lowest BCUT2D eigenvalue weighted by Gasteiger charge is -2.08. The lowest BCUT2D eigenvalue weighted by molar-refractivity contribution is -0.145. The number of aliphatic carboxylic acids is 1. The molecule has 0 aromatic heterocycles. The van der Waals surface area contributed by atoms with E-state index in [0.717, 1.165) is 0 Å². The minimum Gasteiger partial charge on any atom is -0.508 e. The number of carboxylic acid groups (broad SMARTS) is 1. The molecule has 0 saturated carbocycles. The summed E-state index contributed by atoms with van der Waals surface area (Å²) in [5, 5.41) is 16.9. The van der Waals surface area contributed by atoms with E-state index in [4.69, 9.17) is 10.2 Å². The molecule has 1 aromatic rings. The van der Waals surface area contributed by atoms with Gasteiger partial charge in [-0.25, -0.2) is 0 Å². The zero-order valence-electron chi connectivity index (χ0n) is 8.69. The van der Waals surface area contributed by atoms with Gasteiger partial charge in [-0.15, -0.1) is 0 Å². The summed E-state index contributed by atoms with van der Waals surface area (Å²) in [7, 11) is 0. The Labute approximate surface area is 84.0 Å². The van der Waals surface area contributed by atoms with E-state index in [-0.39, 0.29) is 0 Å². The lowest BCUT2D eigenvalue weighted by Crippen LogP contribution is -2.18. The number of benzene rings is 1. The number of rotatable bonds is 0. The van der Waals surface area contributed by atoms with Crippen molar-refractivity contribution in [3.8, 4) is 5.75 Å². The topological polar surface area (TPSA) is 57.5 Å². The third-order valence-electron chi connectivity index (χ3n) is 1.40. The first kappa shape index (κ1) is 12.5. The van der Waals surface area contributed by atoms with Gasteiger partial charge in [-0.1, -0.05) is 18.2 Å². The molecule has 3 nitrogen and oxygen atoms in total. The quantitative estimate of drug-likeness (QED) is 0.670. The molecule has 0 aliphatic rings.